The maximum absolute atomic E-state index is 11.5. The zero-order chi connectivity index (χ0) is 11.7. The summed E-state index contributed by atoms with van der Waals surface area (Å²) in [6.45, 7) is 2.08. The van der Waals surface area contributed by atoms with E-state index in [0.717, 1.165) is 11.3 Å². The molecule has 1 heterocycles. The summed E-state index contributed by atoms with van der Waals surface area (Å²) in [5.74, 6) is 0.681. The molecule has 16 heavy (non-hydrogen) atoms. The van der Waals surface area contributed by atoms with Crippen molar-refractivity contribution in [1.29, 1.82) is 0 Å². The van der Waals surface area contributed by atoms with E-state index in [1.54, 1.807) is 24.1 Å². The summed E-state index contributed by atoms with van der Waals surface area (Å²) in [4.78, 5) is 13.1. The molecule has 0 saturated heterocycles. The second-order valence-corrected chi connectivity index (χ2v) is 3.90. The predicted molar refractivity (Wildman–Crippen MR) is 60.6 cm³/mol. The Kier molecular flexibility index (Phi) is 2.83. The van der Waals surface area contributed by atoms with Gasteiger partial charge in [-0.15, -0.1) is 0 Å². The first kappa shape index (κ1) is 11.0. The minimum Gasteiger partial charge on any atom is -0.497 e. The van der Waals surface area contributed by atoms with Crippen LogP contribution in [0.5, 0.6) is 5.75 Å². The van der Waals surface area contributed by atoms with E-state index in [1.165, 1.54) is 6.92 Å². The lowest BCUT2D eigenvalue weighted by Crippen LogP contribution is -2.34. The SMILES string of the molecule is COc1ccc2c(c1)N(C(C)=O)CCC2O. The molecule has 1 atom stereocenters. The highest BCUT2D eigenvalue weighted by Gasteiger charge is 2.26. The molecule has 1 N–H and O–H groups in total. The van der Waals surface area contributed by atoms with Gasteiger partial charge in [0.15, 0.2) is 0 Å². The van der Waals surface area contributed by atoms with E-state index in [4.69, 9.17) is 4.74 Å². The molecule has 4 heteroatoms. The van der Waals surface area contributed by atoms with Crippen molar-refractivity contribution in [1.82, 2.24) is 0 Å². The summed E-state index contributed by atoms with van der Waals surface area (Å²) in [6, 6.07) is 5.40. The van der Waals surface area contributed by atoms with Crippen molar-refractivity contribution in [2.45, 2.75) is 19.4 Å². The number of hydrogen-bond donors (Lipinski definition) is 1. The fourth-order valence-electron chi connectivity index (χ4n) is 2.02. The van der Waals surface area contributed by atoms with Crippen LogP contribution in [0.4, 0.5) is 5.69 Å². The topological polar surface area (TPSA) is 49.8 Å². The van der Waals surface area contributed by atoms with Gasteiger partial charge in [-0.2, -0.15) is 0 Å². The third kappa shape index (κ3) is 1.76. The van der Waals surface area contributed by atoms with E-state index >= 15 is 0 Å². The molecule has 0 fully saturated rings. The summed E-state index contributed by atoms with van der Waals surface area (Å²) in [7, 11) is 1.58. The van der Waals surface area contributed by atoms with Crippen molar-refractivity contribution in [3.05, 3.63) is 23.8 Å². The van der Waals surface area contributed by atoms with Gasteiger partial charge in [-0.3, -0.25) is 4.79 Å². The Balaban J connectivity index is 2.49. The van der Waals surface area contributed by atoms with Gasteiger partial charge in [0.1, 0.15) is 5.75 Å². The third-order valence-corrected chi connectivity index (χ3v) is 2.89. The number of nitrogens with zero attached hydrogens (tertiary/aromatic N) is 1. The fraction of sp³-hybridized carbons (Fsp3) is 0.417. The number of anilines is 1. The number of amides is 1. The van der Waals surface area contributed by atoms with Crippen LogP contribution in [0.3, 0.4) is 0 Å². The third-order valence-electron chi connectivity index (χ3n) is 2.89. The molecule has 86 valence electrons. The van der Waals surface area contributed by atoms with Gasteiger partial charge in [0, 0.05) is 25.1 Å². The van der Waals surface area contributed by atoms with E-state index in [9.17, 15) is 9.90 Å². The van der Waals surface area contributed by atoms with Gasteiger partial charge < -0.3 is 14.7 Å². The monoisotopic (exact) mass is 221 g/mol. The number of carbonyl (C=O) groups excluding carboxylic acids is 1. The summed E-state index contributed by atoms with van der Waals surface area (Å²) >= 11 is 0. The van der Waals surface area contributed by atoms with Crippen LogP contribution in [-0.4, -0.2) is 24.7 Å². The van der Waals surface area contributed by atoms with Gasteiger partial charge in [-0.1, -0.05) is 6.07 Å². The maximum atomic E-state index is 11.5. The molecule has 0 radical (unpaired) electrons. The van der Waals surface area contributed by atoms with Crippen LogP contribution in [0.2, 0.25) is 0 Å². The van der Waals surface area contributed by atoms with E-state index < -0.39 is 6.10 Å². The van der Waals surface area contributed by atoms with Crippen LogP contribution in [0, 0.1) is 0 Å². The molecule has 1 amide bonds. The fourth-order valence-corrected chi connectivity index (χ4v) is 2.02. The average Bonchev–Trinajstić information content (AvgIpc) is 2.28. The quantitative estimate of drug-likeness (QED) is 0.781. The van der Waals surface area contributed by atoms with Crippen LogP contribution in [-0.2, 0) is 4.79 Å². The van der Waals surface area contributed by atoms with Crippen molar-refractivity contribution in [3.63, 3.8) is 0 Å². The molecule has 1 aromatic rings. The van der Waals surface area contributed by atoms with E-state index in [-0.39, 0.29) is 5.91 Å². The van der Waals surface area contributed by atoms with Crippen LogP contribution in [0.25, 0.3) is 0 Å². The van der Waals surface area contributed by atoms with Gasteiger partial charge in [-0.05, 0) is 12.5 Å². The molecule has 1 aromatic carbocycles. The minimum absolute atomic E-state index is 0.0126. The van der Waals surface area contributed by atoms with Crippen LogP contribution in [0.1, 0.15) is 25.0 Å². The minimum atomic E-state index is -0.489. The molecule has 0 saturated carbocycles. The highest BCUT2D eigenvalue weighted by Crippen LogP contribution is 2.36. The Morgan fingerprint density at radius 2 is 2.31 bits per heavy atom. The number of hydrogen-bond acceptors (Lipinski definition) is 3. The summed E-state index contributed by atoms with van der Waals surface area (Å²) in [5, 5.41) is 9.85. The Labute approximate surface area is 94.4 Å². The largest absolute Gasteiger partial charge is 0.497 e. The number of fused-ring (bicyclic) bond motifs is 1. The summed E-state index contributed by atoms with van der Waals surface area (Å²) in [6.07, 6.45) is 0.0929. The van der Waals surface area contributed by atoms with Crippen molar-refractivity contribution in [3.8, 4) is 5.75 Å². The van der Waals surface area contributed by atoms with Crippen LogP contribution in [0.15, 0.2) is 18.2 Å². The van der Waals surface area contributed by atoms with Gasteiger partial charge >= 0.3 is 0 Å². The smallest absolute Gasteiger partial charge is 0.223 e. The number of rotatable bonds is 1. The Hall–Kier alpha value is -1.55. The number of aliphatic hydroxyl groups excluding tert-OH is 1. The van der Waals surface area contributed by atoms with Gasteiger partial charge in [0.25, 0.3) is 0 Å². The lowest BCUT2D eigenvalue weighted by Gasteiger charge is -2.31. The molecule has 1 aliphatic heterocycles. The highest BCUT2D eigenvalue weighted by molar-refractivity contribution is 5.93. The average molecular weight is 221 g/mol. The first-order valence-corrected chi connectivity index (χ1v) is 5.27. The Morgan fingerprint density at radius 1 is 1.56 bits per heavy atom. The number of aliphatic hydroxyl groups is 1. The molecule has 0 aliphatic carbocycles. The predicted octanol–water partition coefficient (Wildman–Crippen LogP) is 1.49. The van der Waals surface area contributed by atoms with Gasteiger partial charge in [-0.25, -0.2) is 0 Å². The Bertz CT molecular complexity index is 417. The molecule has 2 rings (SSSR count). The lowest BCUT2D eigenvalue weighted by molar-refractivity contribution is -0.116. The zero-order valence-electron chi connectivity index (χ0n) is 9.43. The molecule has 4 nitrogen and oxygen atoms in total. The Morgan fingerprint density at radius 3 is 2.94 bits per heavy atom. The standard InChI is InChI=1S/C12H15NO3/c1-8(14)13-6-5-12(15)10-4-3-9(16-2)7-11(10)13/h3-4,7,12,15H,5-6H2,1-2H3. The first-order chi connectivity index (χ1) is 7.63. The number of ether oxygens (including phenoxy) is 1. The zero-order valence-corrected chi connectivity index (χ0v) is 9.43. The lowest BCUT2D eigenvalue weighted by atomic mass is 9.98. The maximum Gasteiger partial charge on any atom is 0.223 e. The van der Waals surface area contributed by atoms with Crippen molar-refractivity contribution < 1.29 is 14.6 Å². The van der Waals surface area contributed by atoms with E-state index in [0.29, 0.717) is 18.7 Å². The van der Waals surface area contributed by atoms with Crippen molar-refractivity contribution in [2.24, 2.45) is 0 Å². The molecule has 0 bridgehead atoms. The van der Waals surface area contributed by atoms with Gasteiger partial charge in [0.05, 0.1) is 18.9 Å². The van der Waals surface area contributed by atoms with Crippen LogP contribution >= 0.6 is 0 Å². The highest BCUT2D eigenvalue weighted by atomic mass is 16.5. The molecule has 1 unspecified atom stereocenters. The summed E-state index contributed by atoms with van der Waals surface area (Å²) in [5.41, 5.74) is 1.55. The normalized spacial score (nSPS) is 19.2. The second-order valence-electron chi connectivity index (χ2n) is 3.90. The molecule has 0 aromatic heterocycles. The van der Waals surface area contributed by atoms with E-state index in [1.807, 2.05) is 6.07 Å². The van der Waals surface area contributed by atoms with E-state index in [2.05, 4.69) is 0 Å². The molecule has 1 aliphatic rings. The van der Waals surface area contributed by atoms with Crippen molar-refractivity contribution in [2.75, 3.05) is 18.6 Å². The molecule has 0 spiro atoms. The number of benzene rings is 1. The van der Waals surface area contributed by atoms with Crippen molar-refractivity contribution >= 4 is 11.6 Å². The second kappa shape index (κ2) is 4.14. The summed E-state index contributed by atoms with van der Waals surface area (Å²) < 4.78 is 5.12. The molecular formula is C12H15NO3. The first-order valence-electron chi connectivity index (χ1n) is 5.27. The molecular weight excluding hydrogens is 206 g/mol. The van der Waals surface area contributed by atoms with Gasteiger partial charge in [0.2, 0.25) is 5.91 Å². The number of methoxy groups -OCH3 is 1. The number of carbonyl (C=O) groups is 1. The van der Waals surface area contributed by atoms with Crippen LogP contribution < -0.4 is 9.64 Å².